The van der Waals surface area contributed by atoms with Crippen molar-refractivity contribution in [1.82, 2.24) is 0 Å². The molecule has 6 heteroatoms. The summed E-state index contributed by atoms with van der Waals surface area (Å²) in [6.07, 6.45) is 0. The van der Waals surface area contributed by atoms with Crippen LogP contribution in [-0.2, 0) is 0 Å². The van der Waals surface area contributed by atoms with E-state index in [-0.39, 0.29) is 10.9 Å². The Kier molecular flexibility index (Phi) is 2.88. The van der Waals surface area contributed by atoms with Crippen LogP contribution in [0.2, 0.25) is 0 Å². The van der Waals surface area contributed by atoms with Crippen molar-refractivity contribution in [2.24, 2.45) is 0 Å². The molecular weight excluding hydrogens is 288 g/mol. The number of carbonyl (C=O) groups is 2. The average molecular weight is 298 g/mol. The lowest BCUT2D eigenvalue weighted by Gasteiger charge is -2.09. The van der Waals surface area contributed by atoms with Gasteiger partial charge in [0, 0.05) is 5.39 Å². The molecule has 0 radical (unpaired) electrons. The van der Waals surface area contributed by atoms with Crippen LogP contribution in [0, 0.1) is 0 Å². The maximum absolute atomic E-state index is 11.1. The fraction of sp³-hybridized carbons (Fsp3) is 0. The van der Waals surface area contributed by atoms with E-state index in [4.69, 9.17) is 10.2 Å². The second kappa shape index (κ2) is 4.63. The summed E-state index contributed by atoms with van der Waals surface area (Å²) in [5.41, 5.74) is -0.448. The summed E-state index contributed by atoms with van der Waals surface area (Å²) in [5.74, 6) is -3.56. The quantitative estimate of drug-likeness (QED) is 0.541. The summed E-state index contributed by atoms with van der Waals surface area (Å²) in [6, 6.07) is 8.83. The molecule has 4 N–H and O–H groups in total. The number of hydrogen-bond donors (Lipinski definition) is 4. The summed E-state index contributed by atoms with van der Waals surface area (Å²) in [5, 5.41) is 39.8. The van der Waals surface area contributed by atoms with Gasteiger partial charge in [-0.15, -0.1) is 0 Å². The molecular formula is C16H10O6. The molecule has 0 spiro atoms. The van der Waals surface area contributed by atoms with Gasteiger partial charge in [-0.25, -0.2) is 9.59 Å². The van der Waals surface area contributed by atoms with Crippen LogP contribution in [0.5, 0.6) is 11.5 Å². The van der Waals surface area contributed by atoms with Gasteiger partial charge >= 0.3 is 11.9 Å². The van der Waals surface area contributed by atoms with Crippen LogP contribution >= 0.6 is 0 Å². The van der Waals surface area contributed by atoms with E-state index >= 15 is 0 Å². The number of aromatic carboxylic acids is 2. The Morgan fingerprint density at radius 1 is 0.773 bits per heavy atom. The van der Waals surface area contributed by atoms with E-state index in [1.165, 1.54) is 18.2 Å². The van der Waals surface area contributed by atoms with E-state index in [1.54, 1.807) is 18.2 Å². The highest BCUT2D eigenvalue weighted by Crippen LogP contribution is 2.37. The molecule has 0 atom stereocenters. The van der Waals surface area contributed by atoms with Crippen molar-refractivity contribution < 1.29 is 30.0 Å². The van der Waals surface area contributed by atoms with Crippen molar-refractivity contribution >= 4 is 33.5 Å². The third-order valence-electron chi connectivity index (χ3n) is 3.51. The largest absolute Gasteiger partial charge is 0.507 e. The molecule has 0 saturated carbocycles. The van der Waals surface area contributed by atoms with E-state index in [0.29, 0.717) is 16.2 Å². The molecule has 0 heterocycles. The number of benzene rings is 3. The smallest absolute Gasteiger partial charge is 0.343 e. The van der Waals surface area contributed by atoms with Gasteiger partial charge in [-0.1, -0.05) is 6.07 Å². The summed E-state index contributed by atoms with van der Waals surface area (Å²) >= 11 is 0. The standard InChI is InChI=1S/C16H10O6/c17-12-6-10-4-9-3-8(15(19)20)2-1-7(9)5-11(10)14(18)13(12)16(21)22/h1-6,17-18H,(H,19,20)(H,21,22). The fourth-order valence-corrected chi connectivity index (χ4v) is 2.46. The molecule has 3 aromatic rings. The number of fused-ring (bicyclic) bond motifs is 2. The fourth-order valence-electron chi connectivity index (χ4n) is 2.46. The van der Waals surface area contributed by atoms with Crippen molar-refractivity contribution in [2.75, 3.05) is 0 Å². The maximum Gasteiger partial charge on any atom is 0.343 e. The minimum atomic E-state index is -1.43. The molecule has 0 unspecified atom stereocenters. The van der Waals surface area contributed by atoms with E-state index < -0.39 is 29.0 Å². The summed E-state index contributed by atoms with van der Waals surface area (Å²) < 4.78 is 0. The molecule has 0 saturated heterocycles. The van der Waals surface area contributed by atoms with Gasteiger partial charge in [0.25, 0.3) is 0 Å². The van der Waals surface area contributed by atoms with Crippen molar-refractivity contribution in [3.8, 4) is 11.5 Å². The van der Waals surface area contributed by atoms with Gasteiger partial charge in [-0.3, -0.25) is 0 Å². The van der Waals surface area contributed by atoms with Crippen LogP contribution in [0.3, 0.4) is 0 Å². The average Bonchev–Trinajstić information content (AvgIpc) is 2.44. The predicted octanol–water partition coefficient (Wildman–Crippen LogP) is 2.80. The molecule has 0 aliphatic heterocycles. The molecule has 0 aliphatic carbocycles. The third-order valence-corrected chi connectivity index (χ3v) is 3.51. The lowest BCUT2D eigenvalue weighted by atomic mass is 9.98. The Labute approximate surface area is 123 Å². The number of carboxylic acids is 2. The third kappa shape index (κ3) is 1.98. The Morgan fingerprint density at radius 2 is 1.50 bits per heavy atom. The highest BCUT2D eigenvalue weighted by atomic mass is 16.4. The van der Waals surface area contributed by atoms with E-state index in [0.717, 1.165) is 0 Å². The molecule has 6 nitrogen and oxygen atoms in total. The number of hydrogen-bond acceptors (Lipinski definition) is 4. The maximum atomic E-state index is 11.1. The lowest BCUT2D eigenvalue weighted by Crippen LogP contribution is -1.98. The molecule has 110 valence electrons. The molecule has 0 amide bonds. The normalized spacial score (nSPS) is 10.9. The van der Waals surface area contributed by atoms with Crippen molar-refractivity contribution in [2.45, 2.75) is 0 Å². The van der Waals surface area contributed by atoms with Gasteiger partial charge < -0.3 is 20.4 Å². The monoisotopic (exact) mass is 298 g/mol. The van der Waals surface area contributed by atoms with E-state index in [1.807, 2.05) is 0 Å². The van der Waals surface area contributed by atoms with Crippen molar-refractivity contribution in [3.63, 3.8) is 0 Å². The molecule has 0 aromatic heterocycles. The minimum Gasteiger partial charge on any atom is -0.507 e. The topological polar surface area (TPSA) is 115 Å². The van der Waals surface area contributed by atoms with Crippen LogP contribution in [0.1, 0.15) is 20.7 Å². The van der Waals surface area contributed by atoms with Gasteiger partial charge in [-0.05, 0) is 46.5 Å². The summed E-state index contributed by atoms with van der Waals surface area (Å²) in [7, 11) is 0. The first kappa shape index (κ1) is 13.7. The lowest BCUT2D eigenvalue weighted by molar-refractivity contribution is 0.0682. The number of phenols is 2. The van der Waals surface area contributed by atoms with Gasteiger partial charge in [0.1, 0.15) is 17.1 Å². The molecule has 0 aliphatic rings. The number of rotatable bonds is 2. The van der Waals surface area contributed by atoms with E-state index in [9.17, 15) is 19.8 Å². The minimum absolute atomic E-state index is 0.113. The van der Waals surface area contributed by atoms with Crippen LogP contribution in [-0.4, -0.2) is 32.4 Å². The molecule has 3 aromatic carbocycles. The SMILES string of the molecule is O=C(O)c1ccc2cc3c(O)c(C(=O)O)c(O)cc3cc2c1. The highest BCUT2D eigenvalue weighted by molar-refractivity contribution is 6.08. The first-order valence-electron chi connectivity index (χ1n) is 6.27. The van der Waals surface area contributed by atoms with Crippen LogP contribution in [0.4, 0.5) is 0 Å². The van der Waals surface area contributed by atoms with Gasteiger partial charge in [0.15, 0.2) is 0 Å². The number of aromatic hydroxyl groups is 2. The van der Waals surface area contributed by atoms with E-state index in [2.05, 4.69) is 0 Å². The van der Waals surface area contributed by atoms with Crippen molar-refractivity contribution in [3.05, 3.63) is 47.5 Å². The molecule has 22 heavy (non-hydrogen) atoms. The second-order valence-electron chi connectivity index (χ2n) is 4.86. The molecule has 3 rings (SSSR count). The second-order valence-corrected chi connectivity index (χ2v) is 4.86. The van der Waals surface area contributed by atoms with Gasteiger partial charge in [-0.2, -0.15) is 0 Å². The Bertz CT molecular complexity index is 958. The van der Waals surface area contributed by atoms with Gasteiger partial charge in [0.2, 0.25) is 0 Å². The summed E-state index contributed by atoms with van der Waals surface area (Å²) in [6.45, 7) is 0. The first-order chi connectivity index (χ1) is 10.4. The van der Waals surface area contributed by atoms with Gasteiger partial charge in [0.05, 0.1) is 5.56 Å². The zero-order chi connectivity index (χ0) is 16.0. The van der Waals surface area contributed by atoms with Crippen LogP contribution < -0.4 is 0 Å². The van der Waals surface area contributed by atoms with Crippen molar-refractivity contribution in [1.29, 1.82) is 0 Å². The molecule has 0 bridgehead atoms. The Hall–Kier alpha value is -3.28. The zero-order valence-electron chi connectivity index (χ0n) is 11.1. The van der Waals surface area contributed by atoms with Crippen LogP contribution in [0.15, 0.2) is 36.4 Å². The summed E-state index contributed by atoms with van der Waals surface area (Å²) in [4.78, 5) is 22.1. The van der Waals surface area contributed by atoms with Crippen LogP contribution in [0.25, 0.3) is 21.5 Å². The number of carboxylic acid groups (broad SMARTS) is 2. The molecule has 0 fully saturated rings. The zero-order valence-corrected chi connectivity index (χ0v) is 11.1. The highest BCUT2D eigenvalue weighted by Gasteiger charge is 2.19. The Balaban J connectivity index is 2.39. The predicted molar refractivity (Wildman–Crippen MR) is 78.7 cm³/mol. The Morgan fingerprint density at radius 3 is 2.14 bits per heavy atom. The first-order valence-corrected chi connectivity index (χ1v) is 6.27.